The van der Waals surface area contributed by atoms with Crippen LogP contribution in [0.1, 0.15) is 52.4 Å². The summed E-state index contributed by atoms with van der Waals surface area (Å²) in [5, 5.41) is 4.53. The first-order chi connectivity index (χ1) is 9.59. The van der Waals surface area contributed by atoms with Crippen LogP contribution in [0.4, 0.5) is 0 Å². The molecule has 5 heteroatoms. The highest BCUT2D eigenvalue weighted by Gasteiger charge is 2.29. The van der Waals surface area contributed by atoms with Gasteiger partial charge in [-0.05, 0) is 38.5 Å². The maximum atomic E-state index is 12.2. The molecule has 2 fully saturated rings. The van der Waals surface area contributed by atoms with Crippen LogP contribution in [0.2, 0.25) is 0 Å². The third kappa shape index (κ3) is 3.72. The van der Waals surface area contributed by atoms with Crippen LogP contribution in [0.15, 0.2) is 0 Å². The Morgan fingerprint density at radius 1 is 1.15 bits per heavy atom. The van der Waals surface area contributed by atoms with Gasteiger partial charge in [-0.1, -0.05) is 19.8 Å². The van der Waals surface area contributed by atoms with E-state index in [1.165, 1.54) is 12.8 Å². The van der Waals surface area contributed by atoms with Crippen LogP contribution in [-0.4, -0.2) is 36.0 Å². The summed E-state index contributed by atoms with van der Waals surface area (Å²) in [6.45, 7) is 5.33. The largest absolute Gasteiger partial charge is 0.344 e. The van der Waals surface area contributed by atoms with Crippen molar-refractivity contribution in [1.82, 2.24) is 15.8 Å². The van der Waals surface area contributed by atoms with Gasteiger partial charge < -0.3 is 5.32 Å². The molecular formula is C15H27N3O2. The van der Waals surface area contributed by atoms with Crippen LogP contribution < -0.4 is 10.7 Å². The summed E-state index contributed by atoms with van der Waals surface area (Å²) in [5.74, 6) is 0.499. The van der Waals surface area contributed by atoms with Gasteiger partial charge in [-0.3, -0.25) is 14.6 Å². The highest BCUT2D eigenvalue weighted by atomic mass is 16.2. The molecule has 114 valence electrons. The number of hydrogen-bond acceptors (Lipinski definition) is 3. The lowest BCUT2D eigenvalue weighted by molar-refractivity contribution is -0.140. The molecule has 0 spiro atoms. The summed E-state index contributed by atoms with van der Waals surface area (Å²) in [5.41, 5.74) is 3.09. The molecule has 2 N–H and O–H groups in total. The Bertz CT molecular complexity index is 347. The first-order valence-corrected chi connectivity index (χ1v) is 7.95. The first-order valence-electron chi connectivity index (χ1n) is 7.95. The molecule has 5 nitrogen and oxygen atoms in total. The van der Waals surface area contributed by atoms with Crippen molar-refractivity contribution in [1.29, 1.82) is 0 Å². The molecule has 2 rings (SSSR count). The topological polar surface area (TPSA) is 61.4 Å². The van der Waals surface area contributed by atoms with Gasteiger partial charge in [0.15, 0.2) is 0 Å². The maximum Gasteiger partial charge on any atom is 0.258 e. The molecule has 2 atom stereocenters. The average molecular weight is 281 g/mol. The van der Waals surface area contributed by atoms with Crippen molar-refractivity contribution >= 4 is 11.8 Å². The summed E-state index contributed by atoms with van der Waals surface area (Å²) >= 11 is 0. The average Bonchev–Trinajstić information content (AvgIpc) is 3.00. The highest BCUT2D eigenvalue weighted by Crippen LogP contribution is 2.31. The minimum absolute atomic E-state index is 0.0158. The molecule has 0 aromatic rings. The molecular weight excluding hydrogens is 254 g/mol. The monoisotopic (exact) mass is 281 g/mol. The lowest BCUT2D eigenvalue weighted by Gasteiger charge is -2.30. The molecule has 1 saturated carbocycles. The Kier molecular flexibility index (Phi) is 5.40. The van der Waals surface area contributed by atoms with E-state index in [9.17, 15) is 9.59 Å². The second kappa shape index (κ2) is 7.07. The van der Waals surface area contributed by atoms with E-state index in [0.29, 0.717) is 5.92 Å². The normalized spacial score (nSPS) is 23.4. The van der Waals surface area contributed by atoms with E-state index < -0.39 is 6.04 Å². The predicted octanol–water partition coefficient (Wildman–Crippen LogP) is 1.44. The number of hydrogen-bond donors (Lipinski definition) is 2. The van der Waals surface area contributed by atoms with Gasteiger partial charge in [-0.15, -0.1) is 0 Å². The van der Waals surface area contributed by atoms with E-state index in [0.717, 1.165) is 38.8 Å². The lowest BCUT2D eigenvalue weighted by atomic mass is 9.91. The van der Waals surface area contributed by atoms with Crippen LogP contribution in [0.5, 0.6) is 0 Å². The second-order valence-electron chi connectivity index (χ2n) is 6.17. The number of hydrazine groups is 1. The van der Waals surface area contributed by atoms with Crippen molar-refractivity contribution in [2.24, 2.45) is 11.8 Å². The van der Waals surface area contributed by atoms with Crippen molar-refractivity contribution in [2.45, 2.75) is 58.4 Å². The van der Waals surface area contributed by atoms with E-state index >= 15 is 0 Å². The summed E-state index contributed by atoms with van der Waals surface area (Å²) in [7, 11) is 0. The van der Waals surface area contributed by atoms with Gasteiger partial charge in [0.2, 0.25) is 5.91 Å². The summed E-state index contributed by atoms with van der Waals surface area (Å²) in [6, 6.07) is -0.447. The molecule has 0 bridgehead atoms. The molecule has 0 radical (unpaired) electrons. The molecule has 1 heterocycles. The zero-order valence-corrected chi connectivity index (χ0v) is 12.7. The summed E-state index contributed by atoms with van der Waals surface area (Å²) in [4.78, 5) is 24.5. The van der Waals surface area contributed by atoms with Crippen molar-refractivity contribution in [3.63, 3.8) is 0 Å². The smallest absolute Gasteiger partial charge is 0.258 e. The number of rotatable bonds is 4. The summed E-state index contributed by atoms with van der Waals surface area (Å²) in [6.07, 6.45) is 6.87. The van der Waals surface area contributed by atoms with Gasteiger partial charge >= 0.3 is 0 Å². The van der Waals surface area contributed by atoms with Gasteiger partial charge in [-0.2, -0.15) is 0 Å². The second-order valence-corrected chi connectivity index (χ2v) is 6.17. The fraction of sp³-hybridized carbons (Fsp3) is 0.867. The molecule has 1 saturated heterocycles. The van der Waals surface area contributed by atoms with Crippen LogP contribution >= 0.6 is 0 Å². The van der Waals surface area contributed by atoms with Gasteiger partial charge in [0.1, 0.15) is 6.04 Å². The number of amides is 2. The minimum atomic E-state index is -0.447. The number of nitrogens with zero attached hydrogens (tertiary/aromatic N) is 1. The highest BCUT2D eigenvalue weighted by molar-refractivity contribution is 5.88. The molecule has 0 aromatic carbocycles. The van der Waals surface area contributed by atoms with Crippen molar-refractivity contribution in [2.75, 3.05) is 13.1 Å². The van der Waals surface area contributed by atoms with Gasteiger partial charge in [0.05, 0.1) is 0 Å². The van der Waals surface area contributed by atoms with E-state index in [-0.39, 0.29) is 17.7 Å². The Labute approximate surface area is 121 Å². The number of carbonyl (C=O) groups is 2. The zero-order valence-electron chi connectivity index (χ0n) is 12.7. The fourth-order valence-electron chi connectivity index (χ4n) is 3.19. The lowest BCUT2D eigenvalue weighted by Crippen LogP contribution is -2.55. The van der Waals surface area contributed by atoms with E-state index in [1.54, 1.807) is 11.9 Å². The van der Waals surface area contributed by atoms with Gasteiger partial charge in [-0.25, -0.2) is 5.43 Å². The predicted molar refractivity (Wildman–Crippen MR) is 77.7 cm³/mol. The SMILES string of the molecule is CC(NC(=O)C(C)C1CCCC1)C(=O)N1CCCCN1. The van der Waals surface area contributed by atoms with Crippen molar-refractivity contribution in [3.05, 3.63) is 0 Å². The van der Waals surface area contributed by atoms with Crippen LogP contribution in [-0.2, 0) is 9.59 Å². The van der Waals surface area contributed by atoms with Crippen molar-refractivity contribution < 1.29 is 9.59 Å². The van der Waals surface area contributed by atoms with Crippen molar-refractivity contribution in [3.8, 4) is 0 Å². The van der Waals surface area contributed by atoms with E-state index in [1.807, 2.05) is 6.92 Å². The molecule has 2 amide bonds. The minimum Gasteiger partial charge on any atom is -0.344 e. The van der Waals surface area contributed by atoms with Crippen LogP contribution in [0.25, 0.3) is 0 Å². The molecule has 1 aliphatic carbocycles. The Morgan fingerprint density at radius 2 is 1.85 bits per heavy atom. The third-order valence-electron chi connectivity index (χ3n) is 4.63. The van der Waals surface area contributed by atoms with Crippen LogP contribution in [0.3, 0.4) is 0 Å². The Balaban J connectivity index is 1.81. The fourth-order valence-corrected chi connectivity index (χ4v) is 3.19. The Morgan fingerprint density at radius 3 is 2.45 bits per heavy atom. The Hall–Kier alpha value is -1.10. The number of nitrogens with one attached hydrogen (secondary N) is 2. The number of carbonyl (C=O) groups excluding carboxylic acids is 2. The van der Waals surface area contributed by atoms with Crippen LogP contribution in [0, 0.1) is 11.8 Å². The third-order valence-corrected chi connectivity index (χ3v) is 4.63. The van der Waals surface area contributed by atoms with Gasteiger partial charge in [0, 0.05) is 19.0 Å². The maximum absolute atomic E-state index is 12.2. The standard InChI is InChI=1S/C15H27N3O2/c1-11(13-7-3-4-8-13)14(19)17-12(2)15(20)18-10-6-5-9-16-18/h11-13,16H,3-10H2,1-2H3,(H,17,19). The summed E-state index contributed by atoms with van der Waals surface area (Å²) < 4.78 is 0. The van der Waals surface area contributed by atoms with E-state index in [2.05, 4.69) is 10.7 Å². The van der Waals surface area contributed by atoms with E-state index in [4.69, 9.17) is 0 Å². The quantitative estimate of drug-likeness (QED) is 0.820. The van der Waals surface area contributed by atoms with Gasteiger partial charge in [0.25, 0.3) is 5.91 Å². The molecule has 20 heavy (non-hydrogen) atoms. The molecule has 2 aliphatic rings. The molecule has 0 aromatic heterocycles. The molecule has 2 unspecified atom stereocenters. The zero-order chi connectivity index (χ0) is 14.5. The molecule has 1 aliphatic heterocycles. The first kappa shape index (κ1) is 15.3.